The van der Waals surface area contributed by atoms with Gasteiger partial charge in [-0.2, -0.15) is 5.10 Å². The fraction of sp³-hybridized carbons (Fsp3) is 0.455. The normalized spacial score (nSPS) is 15.5. The Morgan fingerprint density at radius 3 is 2.52 bits per heavy atom. The van der Waals surface area contributed by atoms with Gasteiger partial charge in [-0.1, -0.05) is 0 Å². The molecule has 1 fully saturated rings. The molecule has 1 saturated heterocycles. The molecule has 1 aromatic heterocycles. The number of nitrogens with zero attached hydrogens (tertiary/aromatic N) is 3. The number of morpholine rings is 1. The molecule has 0 spiro atoms. The second-order valence-corrected chi connectivity index (χ2v) is 4.54. The molecule has 0 unspecified atom stereocenters. The van der Waals surface area contributed by atoms with Gasteiger partial charge in [-0.25, -0.2) is 4.68 Å². The summed E-state index contributed by atoms with van der Waals surface area (Å²) < 4.78 is 43.3. The Balaban J connectivity index is 0.00000220. The molecule has 5 nitrogen and oxygen atoms in total. The monoisotopic (exact) mass is 327 g/mol. The first-order chi connectivity index (χ1) is 9.38. The SMILES string of the molecule is C=C(Cn1ncc(N2CCOCC2)cc1=O)[B-](F)(F)F.[K+]. The Hall–Kier alpha value is -0.129. The number of anilines is 1. The van der Waals surface area contributed by atoms with Crippen LogP contribution in [0.2, 0.25) is 0 Å². The van der Waals surface area contributed by atoms with Gasteiger partial charge >= 0.3 is 58.4 Å². The predicted octanol–water partition coefficient (Wildman–Crippen LogP) is -1.97. The molecule has 0 saturated carbocycles. The van der Waals surface area contributed by atoms with Crippen LogP contribution in [0.4, 0.5) is 18.6 Å². The van der Waals surface area contributed by atoms with Gasteiger partial charge in [-0.05, 0) is 0 Å². The minimum Gasteiger partial charge on any atom is -0.445 e. The second kappa shape index (κ2) is 7.93. The van der Waals surface area contributed by atoms with Crippen LogP contribution in [0.15, 0.2) is 29.1 Å². The van der Waals surface area contributed by atoms with Crippen LogP contribution in [0.1, 0.15) is 0 Å². The molecular formula is C11H14BF3KN3O2. The first-order valence-corrected chi connectivity index (χ1v) is 6.15. The molecule has 21 heavy (non-hydrogen) atoms. The van der Waals surface area contributed by atoms with E-state index in [9.17, 15) is 17.7 Å². The molecule has 0 aromatic carbocycles. The van der Waals surface area contributed by atoms with E-state index in [1.807, 2.05) is 4.90 Å². The first-order valence-electron chi connectivity index (χ1n) is 6.15. The number of aromatic nitrogens is 2. The van der Waals surface area contributed by atoms with E-state index in [2.05, 4.69) is 11.7 Å². The Labute approximate surface area is 162 Å². The fourth-order valence-electron chi connectivity index (χ4n) is 1.83. The van der Waals surface area contributed by atoms with Gasteiger partial charge in [0.1, 0.15) is 0 Å². The van der Waals surface area contributed by atoms with Gasteiger partial charge in [0.15, 0.2) is 0 Å². The number of ether oxygens (including phenoxy) is 1. The average molecular weight is 327 g/mol. The van der Waals surface area contributed by atoms with Crippen molar-refractivity contribution in [1.82, 2.24) is 9.78 Å². The fourth-order valence-corrected chi connectivity index (χ4v) is 1.83. The van der Waals surface area contributed by atoms with Crippen molar-refractivity contribution in [2.24, 2.45) is 0 Å². The Morgan fingerprint density at radius 2 is 2.00 bits per heavy atom. The van der Waals surface area contributed by atoms with Crippen molar-refractivity contribution in [3.05, 3.63) is 34.7 Å². The number of rotatable bonds is 4. The summed E-state index contributed by atoms with van der Waals surface area (Å²) in [5.41, 5.74) is -0.924. The summed E-state index contributed by atoms with van der Waals surface area (Å²) in [6.45, 7) is -0.479. The summed E-state index contributed by atoms with van der Waals surface area (Å²) in [5, 5.41) is 3.78. The van der Waals surface area contributed by atoms with Crippen LogP contribution in [-0.2, 0) is 11.3 Å². The largest absolute Gasteiger partial charge is 1.00 e. The molecule has 10 heteroatoms. The van der Waals surface area contributed by atoms with E-state index in [1.165, 1.54) is 12.3 Å². The van der Waals surface area contributed by atoms with Gasteiger partial charge in [-0.15, -0.1) is 12.1 Å². The van der Waals surface area contributed by atoms with E-state index in [0.717, 1.165) is 4.68 Å². The third kappa shape index (κ3) is 5.22. The minimum atomic E-state index is -5.16. The van der Waals surface area contributed by atoms with Gasteiger partial charge in [0.2, 0.25) is 0 Å². The van der Waals surface area contributed by atoms with Crippen molar-refractivity contribution in [2.45, 2.75) is 6.54 Å². The van der Waals surface area contributed by atoms with Gasteiger partial charge in [0.05, 0.1) is 25.1 Å². The summed E-state index contributed by atoms with van der Waals surface area (Å²) in [6, 6.07) is 1.29. The van der Waals surface area contributed by atoms with Crippen LogP contribution in [0, 0.1) is 0 Å². The maximum Gasteiger partial charge on any atom is 1.00 e. The topological polar surface area (TPSA) is 47.4 Å². The average Bonchev–Trinajstić information content (AvgIpc) is 2.41. The van der Waals surface area contributed by atoms with E-state index in [0.29, 0.717) is 32.0 Å². The standard InChI is InChI=1S/C11H14BF3N3O2.K/c1-9(12(13,14)15)8-18-11(19)6-10(7-16-18)17-2-4-20-5-3-17;/h6-7H,1-5,8H2;/q-1;+1. The van der Waals surface area contributed by atoms with Crippen molar-refractivity contribution in [3.8, 4) is 0 Å². The zero-order valence-corrected chi connectivity index (χ0v) is 14.9. The second-order valence-electron chi connectivity index (χ2n) is 4.54. The minimum absolute atomic E-state index is 0. The molecule has 110 valence electrons. The summed E-state index contributed by atoms with van der Waals surface area (Å²) in [5.74, 6) is 0. The first kappa shape index (κ1) is 18.9. The molecule has 0 aliphatic carbocycles. The van der Waals surface area contributed by atoms with E-state index < -0.39 is 24.6 Å². The summed E-state index contributed by atoms with van der Waals surface area (Å²) in [4.78, 5) is 13.7. The zero-order valence-electron chi connectivity index (χ0n) is 11.8. The van der Waals surface area contributed by atoms with Gasteiger partial charge < -0.3 is 22.6 Å². The maximum absolute atomic E-state index is 12.4. The van der Waals surface area contributed by atoms with Crippen LogP contribution in [0.5, 0.6) is 0 Å². The third-order valence-corrected chi connectivity index (χ3v) is 3.05. The molecule has 0 amide bonds. The Bertz CT molecular complexity index is 558. The molecule has 2 rings (SSSR count). The van der Waals surface area contributed by atoms with Crippen LogP contribution >= 0.6 is 0 Å². The molecule has 1 aliphatic rings. The molecular weight excluding hydrogens is 313 g/mol. The summed E-state index contributed by atoms with van der Waals surface area (Å²) in [7, 11) is 0. The van der Waals surface area contributed by atoms with Crippen molar-refractivity contribution in [2.75, 3.05) is 31.2 Å². The van der Waals surface area contributed by atoms with E-state index >= 15 is 0 Å². The zero-order chi connectivity index (χ0) is 14.8. The number of halogens is 3. The molecule has 1 aromatic rings. The quantitative estimate of drug-likeness (QED) is 0.602. The molecule has 0 atom stereocenters. The molecule has 0 bridgehead atoms. The van der Waals surface area contributed by atoms with Crippen LogP contribution < -0.4 is 61.8 Å². The molecule has 0 radical (unpaired) electrons. The van der Waals surface area contributed by atoms with Crippen LogP contribution in [-0.4, -0.2) is 43.1 Å². The van der Waals surface area contributed by atoms with Crippen molar-refractivity contribution in [1.29, 1.82) is 0 Å². The summed E-state index contributed by atoms with van der Waals surface area (Å²) >= 11 is 0. The van der Waals surface area contributed by atoms with Crippen LogP contribution in [0.25, 0.3) is 0 Å². The number of hydrogen-bond acceptors (Lipinski definition) is 4. The molecule has 0 N–H and O–H groups in total. The van der Waals surface area contributed by atoms with Crippen molar-refractivity contribution < 1.29 is 69.1 Å². The Kier molecular flexibility index (Phi) is 7.15. The van der Waals surface area contributed by atoms with Gasteiger partial charge in [0, 0.05) is 25.7 Å². The van der Waals surface area contributed by atoms with Gasteiger partial charge in [-0.3, -0.25) is 4.79 Å². The molecule has 1 aliphatic heterocycles. The Morgan fingerprint density at radius 1 is 1.38 bits per heavy atom. The number of allylic oxidation sites excluding steroid dienone is 1. The van der Waals surface area contributed by atoms with E-state index in [-0.39, 0.29) is 51.4 Å². The smallest absolute Gasteiger partial charge is 0.445 e. The van der Waals surface area contributed by atoms with Gasteiger partial charge in [0.25, 0.3) is 5.56 Å². The van der Waals surface area contributed by atoms with E-state index in [1.54, 1.807) is 0 Å². The predicted molar refractivity (Wildman–Crippen MR) is 69.7 cm³/mol. The van der Waals surface area contributed by atoms with E-state index in [4.69, 9.17) is 4.74 Å². The van der Waals surface area contributed by atoms with Crippen molar-refractivity contribution >= 4 is 12.7 Å². The maximum atomic E-state index is 12.4. The van der Waals surface area contributed by atoms with Crippen LogP contribution in [0.3, 0.4) is 0 Å². The summed E-state index contributed by atoms with van der Waals surface area (Å²) in [6.07, 6.45) is 1.39. The van der Waals surface area contributed by atoms with Crippen molar-refractivity contribution in [3.63, 3.8) is 0 Å². The third-order valence-electron chi connectivity index (χ3n) is 3.05. The number of hydrogen-bond donors (Lipinski definition) is 0. The molecule has 2 heterocycles.